The van der Waals surface area contributed by atoms with Crippen molar-refractivity contribution in [2.75, 3.05) is 14.2 Å². The molecule has 0 N–H and O–H groups in total. The Hall–Kier alpha value is -1.95. The fourth-order valence-electron chi connectivity index (χ4n) is 1.41. The molecule has 1 aromatic rings. The van der Waals surface area contributed by atoms with Crippen molar-refractivity contribution in [3.8, 4) is 23.3 Å². The van der Waals surface area contributed by atoms with Gasteiger partial charge in [0.05, 0.1) is 14.2 Å². The molecule has 0 aliphatic heterocycles. The summed E-state index contributed by atoms with van der Waals surface area (Å²) in [4.78, 5) is 11.9. The lowest BCUT2D eigenvalue weighted by Gasteiger charge is -2.07. The van der Waals surface area contributed by atoms with Crippen LogP contribution in [-0.4, -0.2) is 20.0 Å². The molecule has 0 saturated heterocycles. The van der Waals surface area contributed by atoms with Gasteiger partial charge in [0, 0.05) is 24.5 Å². The van der Waals surface area contributed by atoms with E-state index in [1.54, 1.807) is 39.3 Å². The fourth-order valence-corrected chi connectivity index (χ4v) is 1.41. The lowest BCUT2D eigenvalue weighted by Crippen LogP contribution is -2.00. The van der Waals surface area contributed by atoms with Gasteiger partial charge in [-0.2, -0.15) is 0 Å². The predicted octanol–water partition coefficient (Wildman–Crippen LogP) is 2.69. The summed E-state index contributed by atoms with van der Waals surface area (Å²) in [6.07, 6.45) is 0.992. The Morgan fingerprint density at radius 2 is 1.76 bits per heavy atom. The molecule has 0 aliphatic carbocycles. The quantitative estimate of drug-likeness (QED) is 0.578. The number of hydrogen-bond acceptors (Lipinski definition) is 3. The molecule has 0 amide bonds. The summed E-state index contributed by atoms with van der Waals surface area (Å²) in [5.41, 5.74) is 0.596. The number of rotatable bonds is 5. The standard InChI is InChI=1S/C14H16O3/c1-4-5-6-7-14(15)11-8-12(16-2)10-13(9-11)17-3/h8-10H,6-7H2,1-3H3. The third-order valence-electron chi connectivity index (χ3n) is 2.33. The molecule has 17 heavy (non-hydrogen) atoms. The molecule has 3 heteroatoms. The van der Waals surface area contributed by atoms with E-state index in [0.29, 0.717) is 29.9 Å². The van der Waals surface area contributed by atoms with Gasteiger partial charge in [-0.05, 0) is 19.1 Å². The van der Waals surface area contributed by atoms with Crippen LogP contribution in [0.25, 0.3) is 0 Å². The molecule has 0 aliphatic rings. The van der Waals surface area contributed by atoms with Crippen molar-refractivity contribution in [2.24, 2.45) is 0 Å². The van der Waals surface area contributed by atoms with Crippen LogP contribution in [-0.2, 0) is 0 Å². The molecule has 0 atom stereocenters. The van der Waals surface area contributed by atoms with Gasteiger partial charge >= 0.3 is 0 Å². The Morgan fingerprint density at radius 3 is 2.24 bits per heavy atom. The van der Waals surface area contributed by atoms with Gasteiger partial charge in [0.1, 0.15) is 11.5 Å². The molecule has 0 spiro atoms. The normalized spacial score (nSPS) is 9.12. The van der Waals surface area contributed by atoms with Crippen LogP contribution in [0.5, 0.6) is 11.5 Å². The van der Waals surface area contributed by atoms with Crippen molar-refractivity contribution in [3.63, 3.8) is 0 Å². The molecular formula is C14H16O3. The zero-order chi connectivity index (χ0) is 12.7. The average molecular weight is 232 g/mol. The van der Waals surface area contributed by atoms with Crippen LogP contribution in [0.3, 0.4) is 0 Å². The maximum absolute atomic E-state index is 11.9. The third-order valence-corrected chi connectivity index (χ3v) is 2.33. The van der Waals surface area contributed by atoms with E-state index in [4.69, 9.17) is 9.47 Å². The van der Waals surface area contributed by atoms with Gasteiger partial charge in [-0.25, -0.2) is 0 Å². The van der Waals surface area contributed by atoms with Gasteiger partial charge in [0.2, 0.25) is 0 Å². The van der Waals surface area contributed by atoms with Crippen molar-refractivity contribution >= 4 is 5.78 Å². The van der Waals surface area contributed by atoms with Crippen LogP contribution < -0.4 is 9.47 Å². The molecule has 1 aromatic carbocycles. The second-order valence-corrected chi connectivity index (χ2v) is 3.45. The van der Waals surface area contributed by atoms with Crippen LogP contribution in [0.15, 0.2) is 18.2 Å². The Labute approximate surface area is 102 Å². The molecule has 0 saturated carbocycles. The smallest absolute Gasteiger partial charge is 0.164 e. The number of carbonyl (C=O) groups is 1. The van der Waals surface area contributed by atoms with Crippen LogP contribution in [0, 0.1) is 11.8 Å². The molecule has 90 valence electrons. The molecule has 0 radical (unpaired) electrons. The highest BCUT2D eigenvalue weighted by Gasteiger charge is 2.09. The van der Waals surface area contributed by atoms with Crippen LogP contribution in [0.1, 0.15) is 30.1 Å². The summed E-state index contributed by atoms with van der Waals surface area (Å²) in [6, 6.07) is 5.16. The predicted molar refractivity (Wildman–Crippen MR) is 66.6 cm³/mol. The first-order valence-corrected chi connectivity index (χ1v) is 5.37. The van der Waals surface area contributed by atoms with Crippen molar-refractivity contribution < 1.29 is 14.3 Å². The first kappa shape index (κ1) is 13.1. The van der Waals surface area contributed by atoms with E-state index in [-0.39, 0.29) is 5.78 Å². The highest BCUT2D eigenvalue weighted by atomic mass is 16.5. The van der Waals surface area contributed by atoms with Gasteiger partial charge in [-0.15, -0.1) is 11.8 Å². The zero-order valence-corrected chi connectivity index (χ0v) is 10.4. The van der Waals surface area contributed by atoms with Gasteiger partial charge in [0.15, 0.2) is 5.78 Å². The summed E-state index contributed by atoms with van der Waals surface area (Å²) in [5.74, 6) is 6.93. The Kier molecular flexibility index (Phi) is 5.09. The van der Waals surface area contributed by atoms with E-state index in [9.17, 15) is 4.79 Å². The molecule has 0 bridgehead atoms. The number of carbonyl (C=O) groups excluding carboxylic acids is 1. The fraction of sp³-hybridized carbons (Fsp3) is 0.357. The second kappa shape index (κ2) is 6.59. The maximum atomic E-state index is 11.9. The first-order chi connectivity index (χ1) is 8.21. The Morgan fingerprint density at radius 1 is 1.18 bits per heavy atom. The highest BCUT2D eigenvalue weighted by molar-refractivity contribution is 5.97. The van der Waals surface area contributed by atoms with E-state index in [1.165, 1.54) is 0 Å². The van der Waals surface area contributed by atoms with Crippen molar-refractivity contribution in [1.82, 2.24) is 0 Å². The molecular weight excluding hydrogens is 216 g/mol. The number of ether oxygens (including phenoxy) is 2. The number of methoxy groups -OCH3 is 2. The van der Waals surface area contributed by atoms with E-state index in [0.717, 1.165) is 0 Å². The SMILES string of the molecule is CC#CCCC(=O)c1cc(OC)cc(OC)c1. The monoisotopic (exact) mass is 232 g/mol. The topological polar surface area (TPSA) is 35.5 Å². The van der Waals surface area contributed by atoms with Crippen molar-refractivity contribution in [1.29, 1.82) is 0 Å². The van der Waals surface area contributed by atoms with E-state index >= 15 is 0 Å². The minimum atomic E-state index is 0.0463. The summed E-state index contributed by atoms with van der Waals surface area (Å²) >= 11 is 0. The highest BCUT2D eigenvalue weighted by Crippen LogP contribution is 2.23. The molecule has 0 fully saturated rings. The summed E-state index contributed by atoms with van der Waals surface area (Å²) in [7, 11) is 3.12. The molecule has 0 heterocycles. The lowest BCUT2D eigenvalue weighted by atomic mass is 10.1. The molecule has 0 unspecified atom stereocenters. The second-order valence-electron chi connectivity index (χ2n) is 3.45. The number of hydrogen-bond donors (Lipinski definition) is 0. The van der Waals surface area contributed by atoms with Gasteiger partial charge in [-0.3, -0.25) is 4.79 Å². The van der Waals surface area contributed by atoms with Crippen LogP contribution in [0.2, 0.25) is 0 Å². The number of Topliss-reactive ketones (excluding diaryl/α,β-unsaturated/α-hetero) is 1. The van der Waals surface area contributed by atoms with Crippen LogP contribution >= 0.6 is 0 Å². The molecule has 0 aromatic heterocycles. The molecule has 3 nitrogen and oxygen atoms in total. The Balaban J connectivity index is 2.87. The van der Waals surface area contributed by atoms with Crippen LogP contribution in [0.4, 0.5) is 0 Å². The summed E-state index contributed by atoms with van der Waals surface area (Å²) in [6.45, 7) is 1.76. The van der Waals surface area contributed by atoms with Crippen molar-refractivity contribution in [2.45, 2.75) is 19.8 Å². The van der Waals surface area contributed by atoms with E-state index in [1.807, 2.05) is 0 Å². The molecule has 1 rings (SSSR count). The van der Waals surface area contributed by atoms with Gasteiger partial charge in [-0.1, -0.05) is 0 Å². The van der Waals surface area contributed by atoms with Gasteiger partial charge in [0.25, 0.3) is 0 Å². The van der Waals surface area contributed by atoms with Gasteiger partial charge < -0.3 is 9.47 Å². The Bertz CT molecular complexity index is 430. The van der Waals surface area contributed by atoms with E-state index in [2.05, 4.69) is 11.8 Å². The van der Waals surface area contributed by atoms with E-state index < -0.39 is 0 Å². The minimum absolute atomic E-state index is 0.0463. The number of ketones is 1. The lowest BCUT2D eigenvalue weighted by molar-refractivity contribution is 0.0983. The summed E-state index contributed by atoms with van der Waals surface area (Å²) in [5, 5.41) is 0. The largest absolute Gasteiger partial charge is 0.497 e. The average Bonchev–Trinajstić information content (AvgIpc) is 2.38. The maximum Gasteiger partial charge on any atom is 0.164 e. The number of benzene rings is 1. The zero-order valence-electron chi connectivity index (χ0n) is 10.4. The van der Waals surface area contributed by atoms with Crippen molar-refractivity contribution in [3.05, 3.63) is 23.8 Å². The first-order valence-electron chi connectivity index (χ1n) is 5.37. The summed E-state index contributed by atoms with van der Waals surface area (Å²) < 4.78 is 10.2. The minimum Gasteiger partial charge on any atom is -0.497 e. The third kappa shape index (κ3) is 3.84.